The van der Waals surface area contributed by atoms with Gasteiger partial charge in [0.05, 0.1) is 0 Å². The first-order chi connectivity index (χ1) is 9.75. The Morgan fingerprint density at radius 2 is 2.10 bits per heavy atom. The van der Waals surface area contributed by atoms with Crippen LogP contribution < -0.4 is 0 Å². The van der Waals surface area contributed by atoms with Crippen LogP contribution in [0.4, 0.5) is 0 Å². The molecule has 2 rings (SSSR count). The molecular weight excluding hydrogens is 248 g/mol. The molecule has 0 bridgehead atoms. The number of aromatic nitrogens is 1. The number of hydrogen-bond donors (Lipinski definition) is 0. The second-order valence-electron chi connectivity index (χ2n) is 5.93. The smallest absolute Gasteiger partial charge is 0.222 e. The van der Waals surface area contributed by atoms with E-state index in [1.165, 1.54) is 38.5 Å². The maximum atomic E-state index is 12.1. The van der Waals surface area contributed by atoms with Gasteiger partial charge >= 0.3 is 0 Å². The van der Waals surface area contributed by atoms with Crippen molar-refractivity contribution in [3.05, 3.63) is 30.1 Å². The van der Waals surface area contributed by atoms with E-state index in [1.807, 2.05) is 30.1 Å². The van der Waals surface area contributed by atoms with Crippen molar-refractivity contribution >= 4 is 5.91 Å². The molecule has 0 spiro atoms. The zero-order valence-corrected chi connectivity index (χ0v) is 12.6. The Morgan fingerprint density at radius 3 is 2.80 bits per heavy atom. The third kappa shape index (κ3) is 4.95. The summed E-state index contributed by atoms with van der Waals surface area (Å²) in [6, 6.07) is 5.86. The standard InChI is InChI=1S/C17H26N2O/c1-19(14-12-15-7-3-2-4-8-15)17(20)11-10-16-9-5-6-13-18-16/h5-6,9,13,15H,2-4,7-8,10-12,14H2,1H3. The Kier molecular flexibility index (Phi) is 6.03. The molecule has 0 N–H and O–H groups in total. The summed E-state index contributed by atoms with van der Waals surface area (Å²) in [7, 11) is 1.93. The maximum Gasteiger partial charge on any atom is 0.222 e. The first-order valence-electron chi connectivity index (χ1n) is 7.89. The number of rotatable bonds is 6. The number of carbonyl (C=O) groups excluding carboxylic acids is 1. The van der Waals surface area contributed by atoms with Crippen molar-refractivity contribution in [3.63, 3.8) is 0 Å². The lowest BCUT2D eigenvalue weighted by Gasteiger charge is -2.24. The lowest BCUT2D eigenvalue weighted by Crippen LogP contribution is -2.29. The summed E-state index contributed by atoms with van der Waals surface area (Å²) in [6.07, 6.45) is 11.1. The van der Waals surface area contributed by atoms with Gasteiger partial charge in [-0.1, -0.05) is 38.2 Å². The lowest BCUT2D eigenvalue weighted by molar-refractivity contribution is -0.130. The number of amides is 1. The second-order valence-corrected chi connectivity index (χ2v) is 5.93. The van der Waals surface area contributed by atoms with Crippen LogP contribution in [0.2, 0.25) is 0 Å². The number of hydrogen-bond acceptors (Lipinski definition) is 2. The third-order valence-electron chi connectivity index (χ3n) is 4.34. The quantitative estimate of drug-likeness (QED) is 0.796. The van der Waals surface area contributed by atoms with E-state index in [0.29, 0.717) is 6.42 Å². The number of nitrogens with zero attached hydrogens (tertiary/aromatic N) is 2. The summed E-state index contributed by atoms with van der Waals surface area (Å²) in [6.45, 7) is 0.908. The minimum absolute atomic E-state index is 0.242. The Hall–Kier alpha value is -1.38. The molecule has 20 heavy (non-hydrogen) atoms. The van der Waals surface area contributed by atoms with Crippen LogP contribution in [0, 0.1) is 5.92 Å². The van der Waals surface area contributed by atoms with Gasteiger partial charge < -0.3 is 4.90 Å². The minimum Gasteiger partial charge on any atom is -0.346 e. The molecule has 0 unspecified atom stereocenters. The third-order valence-corrected chi connectivity index (χ3v) is 4.34. The molecule has 3 nitrogen and oxygen atoms in total. The van der Waals surface area contributed by atoms with Gasteiger partial charge in [-0.2, -0.15) is 0 Å². The average molecular weight is 274 g/mol. The molecule has 1 heterocycles. The fourth-order valence-electron chi connectivity index (χ4n) is 2.95. The monoisotopic (exact) mass is 274 g/mol. The summed E-state index contributed by atoms with van der Waals surface area (Å²) < 4.78 is 0. The van der Waals surface area contributed by atoms with Crippen molar-refractivity contribution in [3.8, 4) is 0 Å². The molecule has 0 radical (unpaired) electrons. The Balaban J connectivity index is 1.66. The zero-order chi connectivity index (χ0) is 14.2. The van der Waals surface area contributed by atoms with Gasteiger partial charge in [0, 0.05) is 31.9 Å². The molecule has 3 heteroatoms. The van der Waals surface area contributed by atoms with Crippen molar-refractivity contribution < 1.29 is 4.79 Å². The van der Waals surface area contributed by atoms with Crippen LogP contribution in [0.1, 0.15) is 50.6 Å². The SMILES string of the molecule is CN(CCC1CCCCC1)C(=O)CCc1ccccn1. The Morgan fingerprint density at radius 1 is 1.30 bits per heavy atom. The van der Waals surface area contributed by atoms with E-state index in [9.17, 15) is 4.79 Å². The van der Waals surface area contributed by atoms with E-state index >= 15 is 0 Å². The average Bonchev–Trinajstić information content (AvgIpc) is 2.52. The lowest BCUT2D eigenvalue weighted by atomic mass is 9.87. The number of pyridine rings is 1. The van der Waals surface area contributed by atoms with E-state index in [0.717, 1.165) is 24.6 Å². The summed E-state index contributed by atoms with van der Waals surface area (Å²) >= 11 is 0. The van der Waals surface area contributed by atoms with Crippen LogP contribution in [-0.2, 0) is 11.2 Å². The van der Waals surface area contributed by atoms with Gasteiger partial charge in [0.2, 0.25) is 5.91 Å². The molecule has 1 fully saturated rings. The molecule has 110 valence electrons. The van der Waals surface area contributed by atoms with E-state index in [4.69, 9.17) is 0 Å². The van der Waals surface area contributed by atoms with E-state index in [-0.39, 0.29) is 5.91 Å². The summed E-state index contributed by atoms with van der Waals surface area (Å²) in [5.74, 6) is 1.08. The van der Waals surface area contributed by atoms with Crippen LogP contribution in [-0.4, -0.2) is 29.4 Å². The second kappa shape index (κ2) is 8.03. The molecular formula is C17H26N2O. The summed E-state index contributed by atoms with van der Waals surface area (Å²) in [5, 5.41) is 0. The molecule has 1 aromatic heterocycles. The summed E-state index contributed by atoms with van der Waals surface area (Å²) in [4.78, 5) is 18.2. The Bertz CT molecular complexity index is 399. The number of carbonyl (C=O) groups is 1. The summed E-state index contributed by atoms with van der Waals surface area (Å²) in [5.41, 5.74) is 1.00. The first-order valence-corrected chi connectivity index (χ1v) is 7.89. The van der Waals surface area contributed by atoms with E-state index in [1.54, 1.807) is 6.20 Å². The van der Waals surface area contributed by atoms with Gasteiger partial charge in [-0.3, -0.25) is 9.78 Å². The predicted octanol–water partition coefficient (Wildman–Crippen LogP) is 3.44. The predicted molar refractivity (Wildman–Crippen MR) is 81.4 cm³/mol. The molecule has 0 aromatic carbocycles. The van der Waals surface area contributed by atoms with Crippen molar-refractivity contribution in [1.29, 1.82) is 0 Å². The van der Waals surface area contributed by atoms with Gasteiger partial charge in [0.25, 0.3) is 0 Å². The van der Waals surface area contributed by atoms with Gasteiger partial charge in [0.15, 0.2) is 0 Å². The van der Waals surface area contributed by atoms with Gasteiger partial charge in [-0.05, 0) is 30.9 Å². The molecule has 0 aliphatic heterocycles. The highest BCUT2D eigenvalue weighted by atomic mass is 16.2. The Labute approximate surface area is 122 Å². The highest BCUT2D eigenvalue weighted by Gasteiger charge is 2.15. The van der Waals surface area contributed by atoms with E-state index in [2.05, 4.69) is 4.98 Å². The molecule has 0 atom stereocenters. The van der Waals surface area contributed by atoms with Crippen LogP contribution >= 0.6 is 0 Å². The fourth-order valence-corrected chi connectivity index (χ4v) is 2.95. The largest absolute Gasteiger partial charge is 0.346 e. The van der Waals surface area contributed by atoms with Crippen molar-refractivity contribution in [2.45, 2.75) is 51.4 Å². The van der Waals surface area contributed by atoms with Crippen LogP contribution in [0.15, 0.2) is 24.4 Å². The fraction of sp³-hybridized carbons (Fsp3) is 0.647. The molecule has 0 saturated heterocycles. The molecule has 1 aromatic rings. The topological polar surface area (TPSA) is 33.2 Å². The van der Waals surface area contributed by atoms with Crippen LogP contribution in [0.25, 0.3) is 0 Å². The van der Waals surface area contributed by atoms with Gasteiger partial charge in [0.1, 0.15) is 0 Å². The highest BCUT2D eigenvalue weighted by Crippen LogP contribution is 2.26. The maximum absolute atomic E-state index is 12.1. The van der Waals surface area contributed by atoms with Crippen LogP contribution in [0.5, 0.6) is 0 Å². The van der Waals surface area contributed by atoms with Crippen LogP contribution in [0.3, 0.4) is 0 Å². The van der Waals surface area contributed by atoms with Crippen molar-refractivity contribution in [2.24, 2.45) is 5.92 Å². The van der Waals surface area contributed by atoms with Crippen molar-refractivity contribution in [1.82, 2.24) is 9.88 Å². The van der Waals surface area contributed by atoms with Gasteiger partial charge in [-0.15, -0.1) is 0 Å². The van der Waals surface area contributed by atoms with E-state index < -0.39 is 0 Å². The molecule has 1 aliphatic rings. The highest BCUT2D eigenvalue weighted by molar-refractivity contribution is 5.76. The van der Waals surface area contributed by atoms with Crippen molar-refractivity contribution in [2.75, 3.05) is 13.6 Å². The van der Waals surface area contributed by atoms with Gasteiger partial charge in [-0.25, -0.2) is 0 Å². The minimum atomic E-state index is 0.242. The first kappa shape index (κ1) is 15.0. The molecule has 1 saturated carbocycles. The zero-order valence-electron chi connectivity index (χ0n) is 12.6. The normalized spacial score (nSPS) is 16.1. The number of aryl methyl sites for hydroxylation is 1. The molecule has 1 aliphatic carbocycles. The molecule has 1 amide bonds.